The van der Waals surface area contributed by atoms with Crippen molar-refractivity contribution in [2.75, 3.05) is 5.32 Å². The van der Waals surface area contributed by atoms with Gasteiger partial charge in [-0.1, -0.05) is 11.3 Å². The summed E-state index contributed by atoms with van der Waals surface area (Å²) in [6.45, 7) is -0.428. The molecule has 0 radical (unpaired) electrons. The summed E-state index contributed by atoms with van der Waals surface area (Å²) in [5, 5.41) is 10.7. The first-order valence-electron chi connectivity index (χ1n) is 8.68. The summed E-state index contributed by atoms with van der Waals surface area (Å²) in [5.41, 5.74) is -0.287. The number of thiophene rings is 1. The largest absolute Gasteiger partial charge is 0.416 e. The van der Waals surface area contributed by atoms with Crippen LogP contribution in [-0.4, -0.2) is 20.9 Å². The van der Waals surface area contributed by atoms with Gasteiger partial charge in [0.25, 0.3) is 5.56 Å². The molecule has 0 saturated heterocycles. The maximum Gasteiger partial charge on any atom is 0.416 e. The van der Waals surface area contributed by atoms with Gasteiger partial charge >= 0.3 is 6.18 Å². The van der Waals surface area contributed by atoms with E-state index in [0.29, 0.717) is 10.2 Å². The zero-order chi connectivity index (χ0) is 19.9. The number of fused-ring (bicyclic) bond motifs is 3. The number of carbonyl (C=O) groups excluding carboxylic acids is 1. The van der Waals surface area contributed by atoms with Crippen molar-refractivity contribution in [3.8, 4) is 0 Å². The van der Waals surface area contributed by atoms with Gasteiger partial charge < -0.3 is 5.32 Å². The number of aryl methyl sites for hydroxylation is 2. The topological polar surface area (TPSA) is 76.9 Å². The molecule has 146 valence electrons. The summed E-state index contributed by atoms with van der Waals surface area (Å²) in [7, 11) is 0. The molecule has 0 saturated carbocycles. The first-order valence-corrected chi connectivity index (χ1v) is 9.50. The van der Waals surface area contributed by atoms with Crippen LogP contribution < -0.4 is 10.9 Å². The average Bonchev–Trinajstić information content (AvgIpc) is 3.03. The molecule has 1 amide bonds. The summed E-state index contributed by atoms with van der Waals surface area (Å²) >= 11 is 1.45. The van der Waals surface area contributed by atoms with Crippen LogP contribution in [0.3, 0.4) is 0 Å². The lowest BCUT2D eigenvalue weighted by atomic mass is 9.97. The van der Waals surface area contributed by atoms with E-state index in [0.717, 1.165) is 52.9 Å². The third kappa shape index (κ3) is 3.51. The predicted molar refractivity (Wildman–Crippen MR) is 98.4 cm³/mol. The fourth-order valence-electron chi connectivity index (χ4n) is 3.32. The summed E-state index contributed by atoms with van der Waals surface area (Å²) in [4.78, 5) is 26.7. The molecule has 0 bridgehead atoms. The van der Waals surface area contributed by atoms with Crippen molar-refractivity contribution >= 4 is 33.1 Å². The highest BCUT2D eigenvalue weighted by Gasteiger charge is 2.30. The number of hydrogen-bond donors (Lipinski definition) is 1. The predicted octanol–water partition coefficient (Wildman–Crippen LogP) is 3.39. The van der Waals surface area contributed by atoms with Gasteiger partial charge in [-0.3, -0.25) is 9.59 Å². The number of benzene rings is 1. The van der Waals surface area contributed by atoms with Crippen LogP contribution in [0.1, 0.15) is 28.8 Å². The Balaban J connectivity index is 1.58. The van der Waals surface area contributed by atoms with E-state index in [4.69, 9.17) is 0 Å². The van der Waals surface area contributed by atoms with Crippen LogP contribution in [-0.2, 0) is 30.4 Å². The minimum atomic E-state index is -4.51. The molecule has 1 aromatic carbocycles. The first-order chi connectivity index (χ1) is 13.3. The lowest BCUT2D eigenvalue weighted by molar-refractivity contribution is -0.137. The van der Waals surface area contributed by atoms with Crippen molar-refractivity contribution in [3.63, 3.8) is 0 Å². The van der Waals surface area contributed by atoms with Gasteiger partial charge in [0.2, 0.25) is 5.91 Å². The molecular formula is C18H15F3N4O2S. The molecule has 6 nitrogen and oxygen atoms in total. The second-order valence-electron chi connectivity index (χ2n) is 6.57. The van der Waals surface area contributed by atoms with Gasteiger partial charge in [-0.05, 0) is 49.4 Å². The van der Waals surface area contributed by atoms with Gasteiger partial charge in [0.1, 0.15) is 6.54 Å². The van der Waals surface area contributed by atoms with E-state index < -0.39 is 29.8 Å². The zero-order valence-electron chi connectivity index (χ0n) is 14.5. The average molecular weight is 408 g/mol. The van der Waals surface area contributed by atoms with Crippen molar-refractivity contribution in [1.29, 1.82) is 0 Å². The lowest BCUT2D eigenvalue weighted by Crippen LogP contribution is -2.30. The van der Waals surface area contributed by atoms with Gasteiger partial charge in [-0.25, -0.2) is 4.68 Å². The molecule has 0 atom stereocenters. The monoisotopic (exact) mass is 408 g/mol. The number of hydrogen-bond acceptors (Lipinski definition) is 5. The fourth-order valence-corrected chi connectivity index (χ4v) is 4.52. The number of alkyl halides is 3. The number of amides is 1. The second kappa shape index (κ2) is 7.01. The number of halogens is 3. The van der Waals surface area contributed by atoms with Crippen LogP contribution in [0.5, 0.6) is 0 Å². The highest BCUT2D eigenvalue weighted by Crippen LogP contribution is 2.33. The Morgan fingerprint density at radius 1 is 1.25 bits per heavy atom. The van der Waals surface area contributed by atoms with E-state index >= 15 is 0 Å². The highest BCUT2D eigenvalue weighted by atomic mass is 32.1. The minimum Gasteiger partial charge on any atom is -0.324 e. The van der Waals surface area contributed by atoms with Crippen molar-refractivity contribution in [2.45, 2.75) is 38.4 Å². The summed E-state index contributed by atoms with van der Waals surface area (Å²) in [6, 6.07) is 4.30. The highest BCUT2D eigenvalue weighted by molar-refractivity contribution is 7.18. The lowest BCUT2D eigenvalue weighted by Gasteiger charge is -2.11. The third-order valence-corrected chi connectivity index (χ3v) is 5.79. The van der Waals surface area contributed by atoms with E-state index in [-0.39, 0.29) is 5.69 Å². The first kappa shape index (κ1) is 18.6. The maximum atomic E-state index is 12.8. The Morgan fingerprint density at radius 3 is 2.82 bits per heavy atom. The molecule has 1 aliphatic carbocycles. The van der Waals surface area contributed by atoms with Gasteiger partial charge in [0.05, 0.1) is 10.9 Å². The number of aromatic nitrogens is 3. The standard InChI is InChI=1S/C18H15F3N4O2S/c19-18(20,21)10-4-3-5-11(8-10)22-14(26)9-25-17(27)15-12-6-1-2-7-13(12)28-16(15)23-24-25/h3-5,8H,1-2,6-7,9H2,(H,22,26). The molecule has 28 heavy (non-hydrogen) atoms. The molecule has 2 heterocycles. The fraction of sp³-hybridized carbons (Fsp3) is 0.333. The SMILES string of the molecule is O=C(Cn1nnc2sc3c(c2c1=O)CCCC3)Nc1cccc(C(F)(F)F)c1. The second-order valence-corrected chi connectivity index (χ2v) is 7.65. The molecule has 3 aromatic rings. The Bertz CT molecular complexity index is 1120. The molecule has 0 aliphatic heterocycles. The number of rotatable bonds is 3. The van der Waals surface area contributed by atoms with E-state index in [1.54, 1.807) is 0 Å². The molecule has 0 fully saturated rings. The van der Waals surface area contributed by atoms with Crippen molar-refractivity contribution in [2.24, 2.45) is 0 Å². The molecule has 1 N–H and O–H groups in total. The van der Waals surface area contributed by atoms with Crippen LogP contribution in [0.15, 0.2) is 29.1 Å². The van der Waals surface area contributed by atoms with E-state index in [1.807, 2.05) is 0 Å². The number of carbonyl (C=O) groups is 1. The molecular weight excluding hydrogens is 393 g/mol. The quantitative estimate of drug-likeness (QED) is 0.721. The third-order valence-electron chi connectivity index (χ3n) is 4.61. The van der Waals surface area contributed by atoms with E-state index in [1.165, 1.54) is 23.5 Å². The number of nitrogens with zero attached hydrogens (tertiary/aromatic N) is 3. The molecule has 0 spiro atoms. The molecule has 2 aromatic heterocycles. The van der Waals surface area contributed by atoms with Crippen LogP contribution in [0, 0.1) is 0 Å². The van der Waals surface area contributed by atoms with Gasteiger partial charge in [-0.2, -0.15) is 13.2 Å². The Kier molecular flexibility index (Phi) is 4.66. The van der Waals surface area contributed by atoms with Gasteiger partial charge in [0.15, 0.2) is 4.83 Å². The molecule has 0 unspecified atom stereocenters. The van der Waals surface area contributed by atoms with Crippen LogP contribution in [0.25, 0.3) is 10.2 Å². The van der Waals surface area contributed by atoms with Crippen LogP contribution >= 0.6 is 11.3 Å². The molecule has 1 aliphatic rings. The number of nitrogens with one attached hydrogen (secondary N) is 1. The summed E-state index contributed by atoms with van der Waals surface area (Å²) in [6.07, 6.45) is -0.734. The van der Waals surface area contributed by atoms with Crippen LogP contribution in [0.4, 0.5) is 18.9 Å². The smallest absolute Gasteiger partial charge is 0.324 e. The van der Waals surface area contributed by atoms with E-state index in [9.17, 15) is 22.8 Å². The van der Waals surface area contributed by atoms with Gasteiger partial charge in [-0.15, -0.1) is 16.4 Å². The Labute approximate surface area is 161 Å². The summed E-state index contributed by atoms with van der Waals surface area (Å²) in [5.74, 6) is -0.654. The van der Waals surface area contributed by atoms with Crippen molar-refractivity contribution in [3.05, 3.63) is 50.6 Å². The van der Waals surface area contributed by atoms with Crippen molar-refractivity contribution < 1.29 is 18.0 Å². The normalized spacial score (nSPS) is 14.1. The minimum absolute atomic E-state index is 0.00479. The van der Waals surface area contributed by atoms with Gasteiger partial charge in [0, 0.05) is 10.6 Å². The molecule has 10 heteroatoms. The maximum absolute atomic E-state index is 12.8. The van der Waals surface area contributed by atoms with E-state index in [2.05, 4.69) is 15.6 Å². The van der Waals surface area contributed by atoms with Crippen LogP contribution in [0.2, 0.25) is 0 Å². The summed E-state index contributed by atoms with van der Waals surface area (Å²) < 4.78 is 39.3. The molecule has 4 rings (SSSR count). The zero-order valence-corrected chi connectivity index (χ0v) is 15.4. The Hall–Kier alpha value is -2.75. The number of anilines is 1. The Morgan fingerprint density at radius 2 is 2.04 bits per heavy atom. The van der Waals surface area contributed by atoms with Crippen molar-refractivity contribution in [1.82, 2.24) is 15.0 Å².